The minimum atomic E-state index is -0.585. The van der Waals surface area contributed by atoms with Gasteiger partial charge >= 0.3 is 6.01 Å². The molecule has 3 unspecified atom stereocenters. The number of terminal acetylenes is 1. The number of nitrogens with one attached hydrogen (secondary N) is 1. The fourth-order valence-corrected chi connectivity index (χ4v) is 6.58. The Morgan fingerprint density at radius 1 is 1.05 bits per heavy atom. The molecule has 0 amide bonds. The Bertz CT molecular complexity index is 1710. The van der Waals surface area contributed by atoms with Gasteiger partial charge in [0.15, 0.2) is 5.65 Å². The monoisotopic (exact) mass is 556 g/mol. The Morgan fingerprint density at radius 2 is 1.85 bits per heavy atom. The first-order chi connectivity index (χ1) is 19.9. The first-order valence-corrected chi connectivity index (χ1v) is 14.0. The Balaban J connectivity index is 1.39. The van der Waals surface area contributed by atoms with E-state index in [1.54, 1.807) is 0 Å². The summed E-state index contributed by atoms with van der Waals surface area (Å²) in [6.07, 6.45) is 9.91. The van der Waals surface area contributed by atoms with Crippen LogP contribution in [-0.2, 0) is 0 Å². The topological polar surface area (TPSA) is 86.6 Å². The lowest BCUT2D eigenvalue weighted by atomic mass is 9.96. The highest BCUT2D eigenvalue weighted by Crippen LogP contribution is 2.38. The average molecular weight is 557 g/mol. The van der Waals surface area contributed by atoms with Crippen LogP contribution < -0.4 is 15.0 Å². The number of hydrogen-bond acceptors (Lipinski definition) is 8. The quantitative estimate of drug-likeness (QED) is 0.354. The van der Waals surface area contributed by atoms with Gasteiger partial charge in [0.2, 0.25) is 0 Å². The predicted molar refractivity (Wildman–Crippen MR) is 153 cm³/mol. The van der Waals surface area contributed by atoms with E-state index in [4.69, 9.17) is 21.1 Å². The van der Waals surface area contributed by atoms with Gasteiger partial charge in [0.25, 0.3) is 0 Å². The molecule has 10 heteroatoms. The molecule has 5 heterocycles. The minimum Gasteiger partial charge on any atom is -0.508 e. The van der Waals surface area contributed by atoms with Crippen molar-refractivity contribution in [3.8, 4) is 35.4 Å². The van der Waals surface area contributed by atoms with Gasteiger partial charge in [-0.25, -0.2) is 13.8 Å². The number of anilines is 1. The maximum absolute atomic E-state index is 16.1. The highest BCUT2D eigenvalue weighted by molar-refractivity contribution is 6.02. The number of ether oxygens (including phenoxy) is 1. The van der Waals surface area contributed by atoms with Crippen molar-refractivity contribution in [1.29, 1.82) is 0 Å². The summed E-state index contributed by atoms with van der Waals surface area (Å²) in [5.74, 6) is 1.63. The number of likely N-dealkylation sites (N-methyl/N-ethyl adjacent to an activating group) is 1. The summed E-state index contributed by atoms with van der Waals surface area (Å²) in [5.41, 5.74) is 0.623. The van der Waals surface area contributed by atoms with Crippen LogP contribution in [0, 0.1) is 24.0 Å². The van der Waals surface area contributed by atoms with Crippen molar-refractivity contribution in [2.75, 3.05) is 38.2 Å². The van der Waals surface area contributed by atoms with Crippen LogP contribution in [0.3, 0.4) is 0 Å². The van der Waals surface area contributed by atoms with E-state index in [0.717, 1.165) is 32.2 Å². The highest BCUT2D eigenvalue weighted by Gasteiger charge is 2.34. The number of aromatic hydroxyl groups is 1. The van der Waals surface area contributed by atoms with Gasteiger partial charge in [-0.05, 0) is 62.9 Å². The molecule has 210 valence electrons. The molecule has 41 heavy (non-hydrogen) atoms. The predicted octanol–water partition coefficient (Wildman–Crippen LogP) is 4.22. The lowest BCUT2D eigenvalue weighted by Gasteiger charge is -2.34. The maximum atomic E-state index is 16.1. The van der Waals surface area contributed by atoms with Crippen molar-refractivity contribution in [2.45, 2.75) is 43.8 Å². The van der Waals surface area contributed by atoms with E-state index in [-0.39, 0.29) is 40.1 Å². The zero-order valence-corrected chi connectivity index (χ0v) is 22.7. The van der Waals surface area contributed by atoms with Gasteiger partial charge in [0.1, 0.15) is 29.8 Å². The van der Waals surface area contributed by atoms with E-state index in [2.05, 4.69) is 33.1 Å². The molecule has 3 atom stereocenters. The molecule has 2 aromatic carbocycles. The van der Waals surface area contributed by atoms with Crippen molar-refractivity contribution in [3.05, 3.63) is 47.5 Å². The van der Waals surface area contributed by atoms with Gasteiger partial charge < -0.3 is 25.0 Å². The van der Waals surface area contributed by atoms with Gasteiger partial charge in [0.05, 0.1) is 16.6 Å². The number of likely N-dealkylation sites (tertiary alicyclic amines) is 1. The molecule has 0 radical (unpaired) electrons. The summed E-state index contributed by atoms with van der Waals surface area (Å²) in [6, 6.07) is 7.96. The van der Waals surface area contributed by atoms with Crippen LogP contribution in [0.4, 0.5) is 14.6 Å². The van der Waals surface area contributed by atoms with Gasteiger partial charge in [-0.15, -0.1) is 6.42 Å². The van der Waals surface area contributed by atoms with E-state index in [1.165, 1.54) is 30.3 Å². The van der Waals surface area contributed by atoms with E-state index in [9.17, 15) is 9.50 Å². The second-order valence-electron chi connectivity index (χ2n) is 11.3. The van der Waals surface area contributed by atoms with Crippen molar-refractivity contribution in [1.82, 2.24) is 25.2 Å². The molecule has 3 fully saturated rings. The molecule has 2 aromatic heterocycles. The van der Waals surface area contributed by atoms with Crippen LogP contribution >= 0.6 is 0 Å². The van der Waals surface area contributed by atoms with Crippen molar-refractivity contribution in [3.63, 3.8) is 0 Å². The van der Waals surface area contributed by atoms with Crippen LogP contribution in [0.1, 0.15) is 31.2 Å². The molecule has 7 rings (SSSR count). The molecule has 3 aliphatic heterocycles. The number of nitrogens with zero attached hydrogens (tertiary/aromatic N) is 5. The molecule has 3 saturated heterocycles. The van der Waals surface area contributed by atoms with Crippen molar-refractivity contribution >= 4 is 27.6 Å². The number of phenolic OH excluding ortho intramolecular Hbond substituents is 1. The van der Waals surface area contributed by atoms with Gasteiger partial charge in [-0.2, -0.15) is 9.97 Å². The highest BCUT2D eigenvalue weighted by atomic mass is 19.1. The van der Waals surface area contributed by atoms with E-state index in [1.807, 2.05) is 0 Å². The summed E-state index contributed by atoms with van der Waals surface area (Å²) in [4.78, 5) is 18.4. The molecule has 0 saturated carbocycles. The number of aromatic nitrogens is 3. The fourth-order valence-electron chi connectivity index (χ4n) is 6.58. The maximum Gasteiger partial charge on any atom is 0.320 e. The molecule has 0 aliphatic carbocycles. The lowest BCUT2D eigenvalue weighted by Crippen LogP contribution is -2.51. The summed E-state index contributed by atoms with van der Waals surface area (Å²) >= 11 is 0. The number of halogens is 2. The van der Waals surface area contributed by atoms with E-state index < -0.39 is 11.6 Å². The van der Waals surface area contributed by atoms with Crippen molar-refractivity contribution < 1.29 is 18.6 Å². The number of rotatable bonds is 5. The number of benzene rings is 2. The first-order valence-electron chi connectivity index (χ1n) is 14.0. The third kappa shape index (κ3) is 4.59. The summed E-state index contributed by atoms with van der Waals surface area (Å²) in [5, 5.41) is 15.2. The third-order valence-corrected chi connectivity index (χ3v) is 8.64. The largest absolute Gasteiger partial charge is 0.508 e. The Morgan fingerprint density at radius 3 is 2.59 bits per heavy atom. The van der Waals surface area contributed by atoms with Gasteiger partial charge in [-0.1, -0.05) is 12.0 Å². The first kappa shape index (κ1) is 25.9. The van der Waals surface area contributed by atoms with Crippen molar-refractivity contribution in [2.24, 2.45) is 0 Å². The van der Waals surface area contributed by atoms with Gasteiger partial charge in [0, 0.05) is 48.2 Å². The zero-order valence-electron chi connectivity index (χ0n) is 22.7. The van der Waals surface area contributed by atoms with E-state index >= 15 is 4.39 Å². The molecular weight excluding hydrogens is 526 g/mol. The molecule has 2 bridgehead atoms. The fraction of sp³-hybridized carbons (Fsp3) is 0.387. The van der Waals surface area contributed by atoms with Crippen LogP contribution in [0.15, 0.2) is 30.3 Å². The molecule has 3 aliphatic rings. The summed E-state index contributed by atoms with van der Waals surface area (Å²) in [6.45, 7) is 2.81. The molecule has 4 aromatic rings. The molecular formula is C31H30F2N6O2. The van der Waals surface area contributed by atoms with E-state index in [0.29, 0.717) is 53.9 Å². The summed E-state index contributed by atoms with van der Waals surface area (Å²) < 4.78 is 37.0. The molecule has 0 spiro atoms. The number of pyridine rings is 1. The third-order valence-electron chi connectivity index (χ3n) is 8.64. The second-order valence-corrected chi connectivity index (χ2v) is 11.3. The lowest BCUT2D eigenvalue weighted by molar-refractivity contribution is 0.188. The number of hydrogen-bond donors (Lipinski definition) is 2. The minimum absolute atomic E-state index is 0.0178. The Kier molecular flexibility index (Phi) is 6.36. The van der Waals surface area contributed by atoms with Crippen LogP contribution in [0.5, 0.6) is 11.8 Å². The van der Waals surface area contributed by atoms with Crippen LogP contribution in [-0.4, -0.2) is 76.4 Å². The average Bonchev–Trinajstić information content (AvgIpc) is 3.53. The number of phenols is 1. The van der Waals surface area contributed by atoms with Crippen LogP contribution in [0.2, 0.25) is 0 Å². The summed E-state index contributed by atoms with van der Waals surface area (Å²) in [7, 11) is 2.07. The standard InChI is InChI=1S/C31H30F2N6O2/c1-3-22-24(32)9-6-17-11-21(40)12-23(27(17)22)26-13-25(33)28-29(35-26)36-31(41-16-20-5-4-10-38(20)2)37-30(28)39-14-18-7-8-19(15-39)34-18/h1,6,9,11-13,18-20,34,40H,4-5,7-8,10,14-16H2,2H3. The molecule has 8 nitrogen and oxygen atoms in total. The van der Waals surface area contributed by atoms with Gasteiger partial charge in [-0.3, -0.25) is 0 Å². The SMILES string of the molecule is C#Cc1c(F)ccc2cc(O)cc(-c3cc(F)c4c(N5CC6CCC(C5)N6)nc(OCC5CCCN5C)nc4n3)c12. The number of fused-ring (bicyclic) bond motifs is 4. The molecule has 2 N–H and O–H groups in total. The Hall–Kier alpha value is -4.07. The normalized spacial score (nSPS) is 22.5. The zero-order chi connectivity index (χ0) is 28.2. The van der Waals surface area contributed by atoms with Crippen LogP contribution in [0.25, 0.3) is 33.1 Å². The smallest absolute Gasteiger partial charge is 0.320 e. The second kappa shape index (κ2) is 10.1. The Labute approximate surface area is 236 Å². The number of piperazine rings is 1.